The molecule has 6 rings (SSSR count). The number of hydrogen-bond acceptors (Lipinski definition) is 3. The van der Waals surface area contributed by atoms with Gasteiger partial charge in [0.1, 0.15) is 8.07 Å². The van der Waals surface area contributed by atoms with Crippen molar-refractivity contribution >= 4 is 51.9 Å². The van der Waals surface area contributed by atoms with Crippen LogP contribution in [0.2, 0.25) is 13.1 Å². The van der Waals surface area contributed by atoms with Crippen LogP contribution in [0.5, 0.6) is 0 Å². The summed E-state index contributed by atoms with van der Waals surface area (Å²) in [5.74, 6) is 0.547. The Morgan fingerprint density at radius 2 is 1.49 bits per heavy atom. The van der Waals surface area contributed by atoms with Crippen molar-refractivity contribution in [2.24, 2.45) is 11.8 Å². The number of hydrogen-bond donors (Lipinski definition) is 1. The summed E-state index contributed by atoms with van der Waals surface area (Å²) in [5, 5.41) is 17.6. The average Bonchev–Trinajstić information content (AvgIpc) is 3.38. The van der Waals surface area contributed by atoms with Gasteiger partial charge in [-0.05, 0) is 75.5 Å². The fourth-order valence-electron chi connectivity index (χ4n) is 7.44. The molecule has 0 bridgehead atoms. The molecule has 0 aliphatic carbocycles. The summed E-state index contributed by atoms with van der Waals surface area (Å²) in [6.45, 7) is 19.8. The van der Waals surface area contributed by atoms with Crippen LogP contribution in [-0.4, -0.2) is 23.9 Å². The third-order valence-corrected chi connectivity index (χ3v) is 14.2. The maximum atomic E-state index is 11.7. The van der Waals surface area contributed by atoms with Gasteiger partial charge in [-0.3, -0.25) is 9.78 Å². The van der Waals surface area contributed by atoms with Crippen molar-refractivity contribution in [2.45, 2.75) is 92.7 Å². The van der Waals surface area contributed by atoms with Crippen molar-refractivity contribution < 1.29 is 30.0 Å². The van der Waals surface area contributed by atoms with Crippen LogP contribution in [-0.2, 0) is 30.3 Å². The van der Waals surface area contributed by atoms with Crippen LogP contribution in [0.15, 0.2) is 96.9 Å². The second kappa shape index (κ2) is 16.8. The van der Waals surface area contributed by atoms with Gasteiger partial charge in [-0.15, -0.1) is 29.1 Å². The number of aromatic nitrogens is 1. The number of ketones is 1. The van der Waals surface area contributed by atoms with E-state index in [0.717, 1.165) is 42.3 Å². The first-order valence-electron chi connectivity index (χ1n) is 18.4. The molecular weight excluding hydrogens is 819 g/mol. The summed E-state index contributed by atoms with van der Waals surface area (Å²) in [4.78, 5) is 16.6. The molecule has 269 valence electrons. The van der Waals surface area contributed by atoms with Crippen LogP contribution in [0, 0.1) is 17.9 Å². The number of fused-ring (bicyclic) bond motifs is 3. The monoisotopic (exact) mass is 873 g/mol. The zero-order chi connectivity index (χ0) is 36.2. The molecule has 1 aliphatic heterocycles. The molecule has 2 heterocycles. The first kappa shape index (κ1) is 40.1. The third-order valence-electron chi connectivity index (χ3n) is 10.6. The molecule has 0 fully saturated rings. The van der Waals surface area contributed by atoms with Crippen LogP contribution in [0.1, 0.15) is 90.8 Å². The fourth-order valence-corrected chi connectivity index (χ4v) is 10.5. The first-order valence-corrected chi connectivity index (χ1v) is 21.4. The minimum Gasteiger partial charge on any atom is -0.512 e. The normalized spacial score (nSPS) is 13.9. The Bertz CT molecular complexity index is 2060. The SMILES string of the molecule is CC(C)(C)c1cc(-c2nccc3cc(C4=Cc5ccccc5[Si]4(C)C)ccc23)[c-]c2ccccc12.CCC(CC)C(=O)/C=C(\O)C(CC)CC.[Ir]. The van der Waals surface area contributed by atoms with Gasteiger partial charge in [-0.2, -0.15) is 0 Å². The third kappa shape index (κ3) is 8.54. The van der Waals surface area contributed by atoms with Gasteiger partial charge in [0.25, 0.3) is 0 Å². The van der Waals surface area contributed by atoms with E-state index in [4.69, 9.17) is 4.98 Å². The molecule has 1 aliphatic rings. The first-order chi connectivity index (χ1) is 23.8. The van der Waals surface area contributed by atoms with E-state index < -0.39 is 8.07 Å². The van der Waals surface area contributed by atoms with Crippen LogP contribution in [0.3, 0.4) is 0 Å². The smallest absolute Gasteiger partial charge is 0.162 e. The molecule has 1 radical (unpaired) electrons. The Morgan fingerprint density at radius 1 is 0.843 bits per heavy atom. The van der Waals surface area contributed by atoms with E-state index in [9.17, 15) is 9.90 Å². The van der Waals surface area contributed by atoms with Gasteiger partial charge in [-0.25, -0.2) is 0 Å². The van der Waals surface area contributed by atoms with Crippen molar-refractivity contribution in [3.8, 4) is 11.3 Å². The van der Waals surface area contributed by atoms with Crippen molar-refractivity contribution in [1.29, 1.82) is 0 Å². The van der Waals surface area contributed by atoms with Gasteiger partial charge >= 0.3 is 0 Å². The molecule has 4 aromatic carbocycles. The summed E-state index contributed by atoms with van der Waals surface area (Å²) in [7, 11) is -1.72. The average molecular weight is 873 g/mol. The molecule has 3 nitrogen and oxygen atoms in total. The van der Waals surface area contributed by atoms with Crippen LogP contribution in [0.25, 0.3) is 44.1 Å². The van der Waals surface area contributed by atoms with Crippen LogP contribution in [0.4, 0.5) is 0 Å². The predicted octanol–water partition coefficient (Wildman–Crippen LogP) is 12.0. The zero-order valence-electron chi connectivity index (χ0n) is 31.9. The summed E-state index contributed by atoms with van der Waals surface area (Å²) < 4.78 is 0. The molecule has 5 aromatic rings. The van der Waals surface area contributed by atoms with Gasteiger partial charge in [-0.1, -0.05) is 133 Å². The van der Waals surface area contributed by atoms with Crippen LogP contribution < -0.4 is 5.19 Å². The van der Waals surface area contributed by atoms with Crippen molar-refractivity contribution in [1.82, 2.24) is 4.98 Å². The van der Waals surface area contributed by atoms with Crippen molar-refractivity contribution in [2.75, 3.05) is 0 Å². The van der Waals surface area contributed by atoms with Crippen LogP contribution >= 0.6 is 0 Å². The molecule has 0 saturated heterocycles. The number of aliphatic hydroxyl groups excluding tert-OH is 1. The van der Waals surface area contributed by atoms with E-state index >= 15 is 0 Å². The van der Waals surface area contributed by atoms with Gasteiger partial charge in [0.05, 0.1) is 5.76 Å². The Labute approximate surface area is 320 Å². The minimum absolute atomic E-state index is 0. The maximum Gasteiger partial charge on any atom is 0.162 e. The number of allylic oxidation sites excluding steroid dienone is 2. The Hall–Kier alpha value is -3.63. The maximum absolute atomic E-state index is 11.7. The molecule has 0 amide bonds. The quantitative estimate of drug-likeness (QED) is 0.0695. The molecule has 51 heavy (non-hydrogen) atoms. The summed E-state index contributed by atoms with van der Waals surface area (Å²) in [6.07, 6.45) is 9.27. The molecular formula is C46H54IrNO2Si-. The number of carbonyl (C=O) groups excluding carboxylic acids is 1. The number of rotatable bonds is 9. The fraction of sp³-hybridized carbons (Fsp3) is 0.348. The molecule has 0 atom stereocenters. The minimum atomic E-state index is -1.72. The second-order valence-electron chi connectivity index (χ2n) is 15.3. The Morgan fingerprint density at radius 3 is 2.14 bits per heavy atom. The molecule has 1 N–H and O–H groups in total. The zero-order valence-corrected chi connectivity index (χ0v) is 35.3. The molecule has 1 aromatic heterocycles. The Kier molecular flexibility index (Phi) is 13.2. The number of nitrogens with zero attached hydrogens (tertiary/aromatic N) is 1. The van der Waals surface area contributed by atoms with E-state index in [-0.39, 0.29) is 48.9 Å². The van der Waals surface area contributed by atoms with Crippen molar-refractivity contribution in [3.63, 3.8) is 0 Å². The second-order valence-corrected chi connectivity index (χ2v) is 19.6. The molecule has 0 spiro atoms. The van der Waals surface area contributed by atoms with E-state index in [1.54, 1.807) is 0 Å². The summed E-state index contributed by atoms with van der Waals surface area (Å²) in [5.41, 5.74) is 6.15. The van der Waals surface area contributed by atoms with E-state index in [0.29, 0.717) is 0 Å². The van der Waals surface area contributed by atoms with Gasteiger partial charge in [0.15, 0.2) is 5.78 Å². The molecule has 0 unspecified atom stereocenters. The number of aliphatic hydroxyl groups is 1. The van der Waals surface area contributed by atoms with E-state index in [1.807, 2.05) is 33.9 Å². The Balaban J connectivity index is 0.000000312. The van der Waals surface area contributed by atoms with E-state index in [1.165, 1.54) is 49.3 Å². The topological polar surface area (TPSA) is 50.2 Å². The predicted molar refractivity (Wildman–Crippen MR) is 218 cm³/mol. The molecule has 5 heteroatoms. The number of carbonyl (C=O) groups is 1. The van der Waals surface area contributed by atoms with Gasteiger partial charge < -0.3 is 5.11 Å². The number of pyridine rings is 1. The summed E-state index contributed by atoms with van der Waals surface area (Å²) in [6, 6.07) is 32.5. The molecule has 0 saturated carbocycles. The van der Waals surface area contributed by atoms with Crippen molar-refractivity contribution in [3.05, 3.63) is 120 Å². The van der Waals surface area contributed by atoms with Gasteiger partial charge in [0, 0.05) is 49.9 Å². The number of benzene rings is 4. The van der Waals surface area contributed by atoms with Gasteiger partial charge in [0.2, 0.25) is 0 Å². The largest absolute Gasteiger partial charge is 0.512 e. The standard InChI is InChI=1S/C33H30NSi.C13H24O2.Ir/c1-33(2,3)29-20-26(19-22-10-6-8-12-27(22)29)32-28-15-14-25(18-23(28)16-17-34-32)31-21-24-11-7-9-13-30(24)35(31,4)5;1-5-10(6-2)12(14)9-13(15)11(7-3)8-4;/h6-18,20-21H,1-5H3;9-11,14H,5-8H2,1-4H3;/q-1;;/b;12-9-;. The van der Waals surface area contributed by atoms with E-state index in [2.05, 4.69) is 125 Å². The summed E-state index contributed by atoms with van der Waals surface area (Å²) >= 11 is 0.